The Morgan fingerprint density at radius 3 is 2.45 bits per heavy atom. The number of Topliss-reactive ketones (excluding diaryl/α,β-unsaturated/α-hetero) is 1. The molecule has 2 atom stereocenters. The minimum Gasteiger partial charge on any atom is -0.378 e. The minimum atomic E-state index is -1.40. The van der Waals surface area contributed by atoms with E-state index in [1.165, 1.54) is 0 Å². The van der Waals surface area contributed by atoms with Crippen LogP contribution in [0.25, 0.3) is 11.1 Å². The molecule has 3 aromatic carbocycles. The molecule has 1 heterocycles. The SMILES string of the molecule is O=C(CCC1CCCO1)Cc1ccc(NS(=O)c2ccccc2-c2ccccc2)cc1. The Morgan fingerprint density at radius 1 is 0.968 bits per heavy atom. The molecule has 0 radical (unpaired) electrons. The van der Waals surface area contributed by atoms with Gasteiger partial charge in [-0.05, 0) is 54.2 Å². The molecule has 1 N–H and O–H groups in total. The van der Waals surface area contributed by atoms with E-state index in [0.29, 0.717) is 12.8 Å². The topological polar surface area (TPSA) is 55.4 Å². The fraction of sp³-hybridized carbons (Fsp3) is 0.269. The Labute approximate surface area is 186 Å². The number of carbonyl (C=O) groups excluding carboxylic acids is 1. The molecule has 5 heteroatoms. The van der Waals surface area contributed by atoms with Crippen LogP contribution in [-0.2, 0) is 26.9 Å². The van der Waals surface area contributed by atoms with E-state index in [1.54, 1.807) is 0 Å². The molecule has 1 aliphatic heterocycles. The molecule has 1 aliphatic rings. The van der Waals surface area contributed by atoms with Crippen LogP contribution in [0.3, 0.4) is 0 Å². The van der Waals surface area contributed by atoms with Crippen LogP contribution in [0.4, 0.5) is 5.69 Å². The molecule has 4 rings (SSSR count). The molecule has 160 valence electrons. The second kappa shape index (κ2) is 10.5. The van der Waals surface area contributed by atoms with Gasteiger partial charge in [0.05, 0.1) is 11.0 Å². The molecule has 31 heavy (non-hydrogen) atoms. The van der Waals surface area contributed by atoms with Gasteiger partial charge in [-0.25, -0.2) is 4.21 Å². The van der Waals surface area contributed by atoms with Crippen LogP contribution in [-0.4, -0.2) is 22.7 Å². The minimum absolute atomic E-state index is 0.233. The summed E-state index contributed by atoms with van der Waals surface area (Å²) in [6, 6.07) is 25.3. The number of rotatable bonds is 9. The summed E-state index contributed by atoms with van der Waals surface area (Å²) in [5.74, 6) is 0.233. The lowest BCUT2D eigenvalue weighted by Crippen LogP contribution is -2.10. The fourth-order valence-corrected chi connectivity index (χ4v) is 4.90. The summed E-state index contributed by atoms with van der Waals surface area (Å²) in [7, 11) is -1.40. The van der Waals surface area contributed by atoms with Crippen LogP contribution in [0.5, 0.6) is 0 Å². The largest absolute Gasteiger partial charge is 0.378 e. The number of anilines is 1. The molecular weight excluding hydrogens is 406 g/mol. The maximum Gasteiger partial charge on any atom is 0.150 e. The maximum atomic E-state index is 13.0. The van der Waals surface area contributed by atoms with E-state index < -0.39 is 11.0 Å². The highest BCUT2D eigenvalue weighted by atomic mass is 32.2. The third kappa shape index (κ3) is 5.90. The van der Waals surface area contributed by atoms with Crippen LogP contribution < -0.4 is 4.72 Å². The van der Waals surface area contributed by atoms with Gasteiger partial charge in [-0.1, -0.05) is 60.7 Å². The van der Waals surface area contributed by atoms with Gasteiger partial charge in [-0.15, -0.1) is 0 Å². The van der Waals surface area contributed by atoms with Gasteiger partial charge < -0.3 is 9.46 Å². The normalized spacial score (nSPS) is 16.7. The van der Waals surface area contributed by atoms with Crippen LogP contribution in [0, 0.1) is 0 Å². The zero-order chi connectivity index (χ0) is 21.5. The third-order valence-electron chi connectivity index (χ3n) is 5.51. The second-order valence-corrected chi connectivity index (χ2v) is 9.00. The highest BCUT2D eigenvalue weighted by Gasteiger charge is 2.17. The van der Waals surface area contributed by atoms with Gasteiger partial charge in [0.25, 0.3) is 0 Å². The standard InChI is InChI=1S/C26H27NO3S/c28-23(16-17-24-9-6-18-30-24)19-20-12-14-22(15-13-20)27-31(29)26-11-5-4-10-25(26)21-7-2-1-3-8-21/h1-5,7-8,10-15,24,27H,6,9,16-19H2. The Balaban J connectivity index is 1.36. The van der Waals surface area contributed by atoms with Gasteiger partial charge in [0.1, 0.15) is 5.78 Å². The summed E-state index contributed by atoms with van der Waals surface area (Å²) < 4.78 is 21.7. The van der Waals surface area contributed by atoms with Gasteiger partial charge in [0.15, 0.2) is 11.0 Å². The molecule has 1 saturated heterocycles. The first-order valence-electron chi connectivity index (χ1n) is 10.7. The van der Waals surface area contributed by atoms with E-state index in [4.69, 9.17) is 4.74 Å². The van der Waals surface area contributed by atoms with E-state index >= 15 is 0 Å². The van der Waals surface area contributed by atoms with Crippen LogP contribution in [0.1, 0.15) is 31.2 Å². The lowest BCUT2D eigenvalue weighted by molar-refractivity contribution is -0.119. The quantitative estimate of drug-likeness (QED) is 0.481. The van der Waals surface area contributed by atoms with Crippen molar-refractivity contribution in [2.75, 3.05) is 11.3 Å². The van der Waals surface area contributed by atoms with Crippen molar-refractivity contribution in [1.29, 1.82) is 0 Å². The molecular formula is C26H27NO3S. The van der Waals surface area contributed by atoms with Crippen LogP contribution >= 0.6 is 0 Å². The molecule has 0 bridgehead atoms. The lowest BCUT2D eigenvalue weighted by atomic mass is 10.0. The van der Waals surface area contributed by atoms with Crippen molar-refractivity contribution in [3.05, 3.63) is 84.4 Å². The van der Waals surface area contributed by atoms with Gasteiger partial charge in [0, 0.05) is 25.1 Å². The van der Waals surface area contributed by atoms with Crippen molar-refractivity contribution in [3.63, 3.8) is 0 Å². The molecule has 0 aromatic heterocycles. The lowest BCUT2D eigenvalue weighted by Gasteiger charge is -2.12. The molecule has 3 aromatic rings. The summed E-state index contributed by atoms with van der Waals surface area (Å²) in [4.78, 5) is 13.0. The van der Waals surface area contributed by atoms with Crippen molar-refractivity contribution in [2.24, 2.45) is 0 Å². The second-order valence-electron chi connectivity index (χ2n) is 7.82. The highest BCUT2D eigenvalue weighted by Crippen LogP contribution is 2.27. The zero-order valence-corrected chi connectivity index (χ0v) is 18.3. The van der Waals surface area contributed by atoms with Crippen LogP contribution in [0.2, 0.25) is 0 Å². The van der Waals surface area contributed by atoms with Gasteiger partial charge in [-0.3, -0.25) is 4.79 Å². The monoisotopic (exact) mass is 433 g/mol. The Morgan fingerprint density at radius 2 is 1.71 bits per heavy atom. The molecule has 0 aliphatic carbocycles. The van der Waals surface area contributed by atoms with E-state index in [1.807, 2.05) is 78.9 Å². The number of ketones is 1. The Bertz CT molecular complexity index is 1030. The highest BCUT2D eigenvalue weighted by molar-refractivity contribution is 7.86. The smallest absolute Gasteiger partial charge is 0.150 e. The first-order valence-corrected chi connectivity index (χ1v) is 11.9. The van der Waals surface area contributed by atoms with Crippen molar-refractivity contribution < 1.29 is 13.7 Å². The van der Waals surface area contributed by atoms with Gasteiger partial charge in [0.2, 0.25) is 0 Å². The van der Waals surface area contributed by atoms with E-state index in [2.05, 4.69) is 4.72 Å². The van der Waals surface area contributed by atoms with Crippen molar-refractivity contribution in [3.8, 4) is 11.1 Å². The summed E-state index contributed by atoms with van der Waals surface area (Å²) >= 11 is 0. The molecule has 4 nitrogen and oxygen atoms in total. The molecule has 0 saturated carbocycles. The number of ether oxygens (including phenoxy) is 1. The van der Waals surface area contributed by atoms with Gasteiger partial charge >= 0.3 is 0 Å². The number of hydrogen-bond acceptors (Lipinski definition) is 3. The average Bonchev–Trinajstić information content (AvgIpc) is 3.33. The average molecular weight is 434 g/mol. The van der Waals surface area contributed by atoms with Crippen LogP contribution in [0.15, 0.2) is 83.8 Å². The van der Waals surface area contributed by atoms with Crippen molar-refractivity contribution in [1.82, 2.24) is 0 Å². The molecule has 0 amide bonds. The first-order chi connectivity index (χ1) is 15.2. The molecule has 0 spiro atoms. The maximum absolute atomic E-state index is 13.0. The van der Waals surface area contributed by atoms with E-state index in [-0.39, 0.29) is 11.9 Å². The fourth-order valence-electron chi connectivity index (χ4n) is 3.85. The van der Waals surface area contributed by atoms with E-state index in [9.17, 15) is 9.00 Å². The summed E-state index contributed by atoms with van der Waals surface area (Å²) in [5, 5.41) is 0. The Kier molecular flexibility index (Phi) is 7.28. The first kappa shape index (κ1) is 21.5. The number of carbonyl (C=O) groups is 1. The summed E-state index contributed by atoms with van der Waals surface area (Å²) in [6.45, 7) is 0.824. The number of benzene rings is 3. The molecule has 1 fully saturated rings. The van der Waals surface area contributed by atoms with E-state index in [0.717, 1.165) is 53.1 Å². The number of hydrogen-bond donors (Lipinski definition) is 1. The summed E-state index contributed by atoms with van der Waals surface area (Å²) in [5.41, 5.74) is 3.71. The zero-order valence-electron chi connectivity index (χ0n) is 17.5. The number of nitrogens with one attached hydrogen (secondary N) is 1. The van der Waals surface area contributed by atoms with Gasteiger partial charge in [-0.2, -0.15) is 0 Å². The predicted octanol–water partition coefficient (Wildman–Crippen LogP) is 5.56. The summed E-state index contributed by atoms with van der Waals surface area (Å²) in [6.07, 6.45) is 4.23. The predicted molar refractivity (Wildman–Crippen MR) is 125 cm³/mol. The van der Waals surface area contributed by atoms with Crippen molar-refractivity contribution >= 4 is 22.5 Å². The molecule has 2 unspecified atom stereocenters. The third-order valence-corrected chi connectivity index (χ3v) is 6.68. The Hall–Kier alpha value is -2.76. The van der Waals surface area contributed by atoms with Crippen molar-refractivity contribution in [2.45, 2.75) is 43.1 Å².